The summed E-state index contributed by atoms with van der Waals surface area (Å²) < 4.78 is 0. The normalized spacial score (nSPS) is 42.0. The lowest BCUT2D eigenvalue weighted by molar-refractivity contribution is 0.468. The van der Waals surface area contributed by atoms with Crippen molar-refractivity contribution in [3.63, 3.8) is 0 Å². The van der Waals surface area contributed by atoms with Crippen LogP contribution < -0.4 is 11.1 Å². The van der Waals surface area contributed by atoms with Crippen molar-refractivity contribution in [3.05, 3.63) is 23.8 Å². The number of hydrogen-bond donors (Lipinski definition) is 2. The van der Waals surface area contributed by atoms with Gasteiger partial charge in [0.1, 0.15) is 0 Å². The Kier molecular flexibility index (Phi) is 1.41. The highest BCUT2D eigenvalue weighted by molar-refractivity contribution is 5.32. The lowest BCUT2D eigenvalue weighted by atomic mass is 9.80. The van der Waals surface area contributed by atoms with Gasteiger partial charge in [0.2, 0.25) is 0 Å². The van der Waals surface area contributed by atoms with Crippen molar-refractivity contribution < 1.29 is 0 Å². The molecule has 1 fully saturated rings. The summed E-state index contributed by atoms with van der Waals surface area (Å²) in [5, 5.41) is 3.32. The number of fused-ring (bicyclic) bond motifs is 1. The van der Waals surface area contributed by atoms with Crippen LogP contribution >= 0.6 is 0 Å². The zero-order chi connectivity index (χ0) is 7.90. The van der Waals surface area contributed by atoms with E-state index in [0.717, 1.165) is 13.1 Å². The van der Waals surface area contributed by atoms with Gasteiger partial charge in [-0.15, -0.1) is 0 Å². The molecule has 0 amide bonds. The van der Waals surface area contributed by atoms with Gasteiger partial charge in [-0.3, -0.25) is 0 Å². The Morgan fingerprint density at radius 1 is 1.73 bits per heavy atom. The third kappa shape index (κ3) is 0.940. The Morgan fingerprint density at radius 3 is 3.27 bits per heavy atom. The number of hydrogen-bond acceptors (Lipinski definition) is 2. The first-order chi connectivity index (χ1) is 5.22. The Morgan fingerprint density at radius 2 is 2.55 bits per heavy atom. The minimum atomic E-state index is -0.0984. The average molecular weight is 150 g/mol. The fraction of sp³-hybridized carbons (Fsp3) is 0.556. The molecule has 2 unspecified atom stereocenters. The molecule has 1 aliphatic carbocycles. The van der Waals surface area contributed by atoms with E-state index < -0.39 is 0 Å². The number of nitrogens with two attached hydrogens (primary N) is 1. The molecule has 1 aliphatic heterocycles. The summed E-state index contributed by atoms with van der Waals surface area (Å²) >= 11 is 0. The van der Waals surface area contributed by atoms with Crippen LogP contribution in [-0.4, -0.2) is 18.6 Å². The molecule has 2 aliphatic rings. The Labute approximate surface area is 67.2 Å². The van der Waals surface area contributed by atoms with Crippen LogP contribution in [0.2, 0.25) is 0 Å². The first-order valence-electron chi connectivity index (χ1n) is 4.08. The predicted molar refractivity (Wildman–Crippen MR) is 46.2 cm³/mol. The highest BCUT2D eigenvalue weighted by atomic mass is 15.0. The van der Waals surface area contributed by atoms with Crippen LogP contribution in [0.1, 0.15) is 6.92 Å². The van der Waals surface area contributed by atoms with E-state index in [-0.39, 0.29) is 5.54 Å². The van der Waals surface area contributed by atoms with E-state index in [1.54, 1.807) is 0 Å². The SMILES string of the molecule is CC1=CC=CC2(N)CNCC12. The summed E-state index contributed by atoms with van der Waals surface area (Å²) in [6, 6.07) is 0. The topological polar surface area (TPSA) is 38.0 Å². The predicted octanol–water partition coefficient (Wildman–Crippen LogP) is 0.419. The molecule has 0 aromatic rings. The molecule has 0 radical (unpaired) electrons. The van der Waals surface area contributed by atoms with Gasteiger partial charge in [-0.2, -0.15) is 0 Å². The molecule has 3 N–H and O–H groups in total. The highest BCUT2D eigenvalue weighted by Gasteiger charge is 2.39. The molecular weight excluding hydrogens is 136 g/mol. The van der Waals surface area contributed by atoms with E-state index in [1.165, 1.54) is 5.57 Å². The van der Waals surface area contributed by atoms with Crippen LogP contribution in [-0.2, 0) is 0 Å². The van der Waals surface area contributed by atoms with Crippen LogP contribution in [0, 0.1) is 5.92 Å². The Bertz CT molecular complexity index is 230. The second kappa shape index (κ2) is 2.19. The molecule has 60 valence electrons. The summed E-state index contributed by atoms with van der Waals surface area (Å²) in [6.45, 7) is 4.10. The third-order valence-corrected chi connectivity index (χ3v) is 2.74. The minimum absolute atomic E-state index is 0.0984. The summed E-state index contributed by atoms with van der Waals surface area (Å²) in [5.41, 5.74) is 7.47. The van der Waals surface area contributed by atoms with Crippen LogP contribution in [0.15, 0.2) is 23.8 Å². The van der Waals surface area contributed by atoms with Crippen LogP contribution in [0.4, 0.5) is 0 Å². The van der Waals surface area contributed by atoms with Crippen molar-refractivity contribution in [2.24, 2.45) is 11.7 Å². The van der Waals surface area contributed by atoms with Crippen LogP contribution in [0.5, 0.6) is 0 Å². The summed E-state index contributed by atoms with van der Waals surface area (Å²) in [5.74, 6) is 0.521. The van der Waals surface area contributed by atoms with E-state index in [9.17, 15) is 0 Å². The third-order valence-electron chi connectivity index (χ3n) is 2.74. The zero-order valence-electron chi connectivity index (χ0n) is 6.80. The van der Waals surface area contributed by atoms with Gasteiger partial charge in [-0.05, 0) is 6.92 Å². The Balaban J connectivity index is 2.35. The molecule has 11 heavy (non-hydrogen) atoms. The standard InChI is InChI=1S/C9H14N2/c1-7-3-2-4-9(10)6-11-5-8(7)9/h2-4,8,11H,5-6,10H2,1H3. The second-order valence-electron chi connectivity index (χ2n) is 3.57. The largest absolute Gasteiger partial charge is 0.320 e. The van der Waals surface area contributed by atoms with Crippen molar-refractivity contribution in [3.8, 4) is 0 Å². The molecule has 2 atom stereocenters. The molecule has 2 rings (SSSR count). The molecule has 0 saturated carbocycles. The van der Waals surface area contributed by atoms with E-state index in [1.807, 2.05) is 0 Å². The van der Waals surface area contributed by atoms with Crippen molar-refractivity contribution >= 4 is 0 Å². The lowest BCUT2D eigenvalue weighted by Gasteiger charge is -2.30. The quantitative estimate of drug-likeness (QED) is 0.525. The van der Waals surface area contributed by atoms with E-state index in [4.69, 9.17) is 5.73 Å². The van der Waals surface area contributed by atoms with Gasteiger partial charge in [0.05, 0.1) is 5.54 Å². The van der Waals surface area contributed by atoms with E-state index in [0.29, 0.717) is 5.92 Å². The molecule has 0 aromatic heterocycles. The molecule has 0 aromatic carbocycles. The van der Waals surface area contributed by atoms with Crippen molar-refractivity contribution in [2.45, 2.75) is 12.5 Å². The molecule has 1 heterocycles. The maximum absolute atomic E-state index is 6.16. The minimum Gasteiger partial charge on any atom is -0.320 e. The smallest absolute Gasteiger partial charge is 0.0547 e. The van der Waals surface area contributed by atoms with Crippen molar-refractivity contribution in [2.75, 3.05) is 13.1 Å². The number of allylic oxidation sites excluding steroid dienone is 2. The first kappa shape index (κ1) is 7.07. The van der Waals surface area contributed by atoms with Gasteiger partial charge in [0, 0.05) is 19.0 Å². The molecule has 2 heteroatoms. The average Bonchev–Trinajstić information content (AvgIpc) is 2.31. The maximum Gasteiger partial charge on any atom is 0.0547 e. The van der Waals surface area contributed by atoms with Gasteiger partial charge >= 0.3 is 0 Å². The monoisotopic (exact) mass is 150 g/mol. The molecule has 1 saturated heterocycles. The fourth-order valence-electron chi connectivity index (χ4n) is 2.00. The van der Waals surface area contributed by atoms with Crippen LogP contribution in [0.25, 0.3) is 0 Å². The van der Waals surface area contributed by atoms with Gasteiger partial charge in [-0.25, -0.2) is 0 Å². The fourth-order valence-corrected chi connectivity index (χ4v) is 2.00. The zero-order valence-corrected chi connectivity index (χ0v) is 6.80. The highest BCUT2D eigenvalue weighted by Crippen LogP contribution is 2.30. The molecular formula is C9H14N2. The lowest BCUT2D eigenvalue weighted by Crippen LogP contribution is -2.46. The Hall–Kier alpha value is -0.600. The molecule has 0 spiro atoms. The maximum atomic E-state index is 6.16. The first-order valence-corrected chi connectivity index (χ1v) is 4.08. The number of rotatable bonds is 0. The summed E-state index contributed by atoms with van der Waals surface area (Å²) in [6.07, 6.45) is 6.34. The van der Waals surface area contributed by atoms with E-state index >= 15 is 0 Å². The second-order valence-corrected chi connectivity index (χ2v) is 3.57. The van der Waals surface area contributed by atoms with E-state index in [2.05, 4.69) is 30.5 Å². The van der Waals surface area contributed by atoms with Crippen molar-refractivity contribution in [1.29, 1.82) is 0 Å². The molecule has 2 nitrogen and oxygen atoms in total. The van der Waals surface area contributed by atoms with Gasteiger partial charge < -0.3 is 11.1 Å². The van der Waals surface area contributed by atoms with Gasteiger partial charge in [-0.1, -0.05) is 23.8 Å². The van der Waals surface area contributed by atoms with Gasteiger partial charge in [0.15, 0.2) is 0 Å². The summed E-state index contributed by atoms with van der Waals surface area (Å²) in [4.78, 5) is 0. The summed E-state index contributed by atoms with van der Waals surface area (Å²) in [7, 11) is 0. The van der Waals surface area contributed by atoms with Gasteiger partial charge in [0.25, 0.3) is 0 Å². The van der Waals surface area contributed by atoms with Crippen molar-refractivity contribution in [1.82, 2.24) is 5.32 Å². The van der Waals surface area contributed by atoms with Crippen LogP contribution in [0.3, 0.4) is 0 Å². The number of nitrogens with one attached hydrogen (secondary N) is 1. The molecule has 0 bridgehead atoms.